The zero-order chi connectivity index (χ0) is 12.4. The van der Waals surface area contributed by atoms with Gasteiger partial charge in [0.2, 0.25) is 0 Å². The summed E-state index contributed by atoms with van der Waals surface area (Å²) in [5.74, 6) is -0.181. The van der Waals surface area contributed by atoms with E-state index in [1.165, 1.54) is 18.9 Å². The van der Waals surface area contributed by atoms with E-state index in [9.17, 15) is 4.39 Å². The molecule has 0 amide bonds. The predicted octanol–water partition coefficient (Wildman–Crippen LogP) is 3.13. The van der Waals surface area contributed by atoms with Gasteiger partial charge in [-0.2, -0.15) is 0 Å². The second-order valence-electron chi connectivity index (χ2n) is 4.69. The van der Waals surface area contributed by atoms with Crippen molar-refractivity contribution in [1.29, 1.82) is 0 Å². The number of nitrogens with zero attached hydrogens (tertiary/aromatic N) is 1. The molecule has 0 atom stereocenters. The number of nitrogens with one attached hydrogen (secondary N) is 1. The smallest absolute Gasteiger partial charge is 0.123 e. The molecule has 0 saturated heterocycles. The molecule has 0 spiro atoms. The Labute approximate surface area is 110 Å². The first-order chi connectivity index (χ1) is 8.79. The van der Waals surface area contributed by atoms with Crippen molar-refractivity contribution < 1.29 is 4.39 Å². The Balaban J connectivity index is 1.61. The van der Waals surface area contributed by atoms with Crippen molar-refractivity contribution in [2.24, 2.45) is 0 Å². The Hall–Kier alpha value is -1.26. The van der Waals surface area contributed by atoms with E-state index >= 15 is 0 Å². The normalized spacial score (nSPS) is 14.9. The van der Waals surface area contributed by atoms with Crippen LogP contribution in [0.1, 0.15) is 29.1 Å². The third-order valence-electron chi connectivity index (χ3n) is 2.99. The van der Waals surface area contributed by atoms with Gasteiger partial charge in [-0.1, -0.05) is 12.1 Å². The summed E-state index contributed by atoms with van der Waals surface area (Å²) in [6.45, 7) is 0.852. The Morgan fingerprint density at radius 1 is 1.39 bits per heavy atom. The summed E-state index contributed by atoms with van der Waals surface area (Å²) in [5.41, 5.74) is 2.07. The second-order valence-corrected chi connectivity index (χ2v) is 5.64. The van der Waals surface area contributed by atoms with Crippen LogP contribution in [0.4, 0.5) is 4.39 Å². The van der Waals surface area contributed by atoms with Gasteiger partial charge in [0.15, 0.2) is 0 Å². The zero-order valence-electron chi connectivity index (χ0n) is 10.0. The summed E-state index contributed by atoms with van der Waals surface area (Å²) in [6, 6.07) is 7.43. The molecule has 1 aromatic heterocycles. The summed E-state index contributed by atoms with van der Waals surface area (Å²) in [6.07, 6.45) is 3.30. The van der Waals surface area contributed by atoms with Crippen molar-refractivity contribution in [3.63, 3.8) is 0 Å². The minimum atomic E-state index is -0.181. The average molecular weight is 262 g/mol. The molecule has 0 radical (unpaired) electrons. The molecule has 94 valence electrons. The highest BCUT2D eigenvalue weighted by Gasteiger charge is 2.20. The van der Waals surface area contributed by atoms with E-state index in [1.807, 2.05) is 6.07 Å². The molecule has 1 aliphatic rings. The second kappa shape index (κ2) is 5.16. The highest BCUT2D eigenvalue weighted by Crippen LogP contribution is 2.20. The number of halogens is 1. The first-order valence-corrected chi connectivity index (χ1v) is 7.09. The molecule has 1 fully saturated rings. The number of hydrogen-bond donors (Lipinski definition) is 1. The van der Waals surface area contributed by atoms with Crippen molar-refractivity contribution in [3.8, 4) is 0 Å². The van der Waals surface area contributed by atoms with Crippen LogP contribution >= 0.6 is 11.3 Å². The lowest BCUT2D eigenvalue weighted by Gasteiger charge is -1.99. The lowest BCUT2D eigenvalue weighted by Crippen LogP contribution is -2.15. The monoisotopic (exact) mass is 262 g/mol. The first-order valence-electron chi connectivity index (χ1n) is 6.21. The lowest BCUT2D eigenvalue weighted by molar-refractivity contribution is 0.626. The van der Waals surface area contributed by atoms with Gasteiger partial charge in [-0.05, 0) is 30.5 Å². The van der Waals surface area contributed by atoms with Crippen molar-refractivity contribution in [2.75, 3.05) is 0 Å². The predicted molar refractivity (Wildman–Crippen MR) is 71.2 cm³/mol. The highest BCUT2D eigenvalue weighted by molar-refractivity contribution is 7.09. The third kappa shape index (κ3) is 3.15. The average Bonchev–Trinajstić information content (AvgIpc) is 3.08. The van der Waals surface area contributed by atoms with Crippen LogP contribution in [0.3, 0.4) is 0 Å². The number of hydrogen-bond acceptors (Lipinski definition) is 3. The van der Waals surface area contributed by atoms with E-state index in [-0.39, 0.29) is 5.82 Å². The summed E-state index contributed by atoms with van der Waals surface area (Å²) < 4.78 is 13.1. The van der Waals surface area contributed by atoms with Crippen molar-refractivity contribution >= 4 is 11.3 Å². The Bertz CT molecular complexity index is 534. The van der Waals surface area contributed by atoms with E-state index in [2.05, 4.69) is 15.7 Å². The van der Waals surface area contributed by atoms with Crippen LogP contribution in [-0.4, -0.2) is 11.0 Å². The van der Waals surface area contributed by atoms with E-state index in [1.54, 1.807) is 23.5 Å². The fraction of sp³-hybridized carbons (Fsp3) is 0.357. The van der Waals surface area contributed by atoms with Gasteiger partial charge in [-0.15, -0.1) is 11.3 Å². The molecular formula is C14H15FN2S. The molecule has 0 aliphatic heterocycles. The van der Waals surface area contributed by atoms with Gasteiger partial charge >= 0.3 is 0 Å². The van der Waals surface area contributed by atoms with Gasteiger partial charge in [-0.3, -0.25) is 0 Å². The Kier molecular flexibility index (Phi) is 3.39. The maximum absolute atomic E-state index is 13.1. The van der Waals surface area contributed by atoms with Gasteiger partial charge in [0, 0.05) is 24.4 Å². The third-order valence-corrected chi connectivity index (χ3v) is 3.89. The molecule has 1 N–H and O–H groups in total. The zero-order valence-corrected chi connectivity index (χ0v) is 10.8. The van der Waals surface area contributed by atoms with Gasteiger partial charge in [0.05, 0.1) is 10.7 Å². The maximum Gasteiger partial charge on any atom is 0.123 e. The number of rotatable bonds is 5. The molecule has 1 aromatic carbocycles. The molecule has 0 bridgehead atoms. The Morgan fingerprint density at radius 3 is 3.06 bits per heavy atom. The van der Waals surface area contributed by atoms with Gasteiger partial charge in [0.25, 0.3) is 0 Å². The molecule has 18 heavy (non-hydrogen) atoms. The van der Waals surface area contributed by atoms with Crippen LogP contribution in [0.2, 0.25) is 0 Å². The quantitative estimate of drug-likeness (QED) is 0.895. The molecule has 1 heterocycles. The summed E-state index contributed by atoms with van der Waals surface area (Å²) in [7, 11) is 0. The molecule has 2 nitrogen and oxygen atoms in total. The summed E-state index contributed by atoms with van der Waals surface area (Å²) >= 11 is 1.65. The van der Waals surface area contributed by atoms with E-state index < -0.39 is 0 Å². The van der Waals surface area contributed by atoms with Crippen molar-refractivity contribution in [3.05, 3.63) is 51.7 Å². The minimum Gasteiger partial charge on any atom is -0.308 e. The molecule has 2 aromatic rings. The van der Waals surface area contributed by atoms with E-state index in [0.29, 0.717) is 12.5 Å². The lowest BCUT2D eigenvalue weighted by atomic mass is 10.1. The van der Waals surface area contributed by atoms with Crippen LogP contribution < -0.4 is 5.32 Å². The summed E-state index contributed by atoms with van der Waals surface area (Å²) in [4.78, 5) is 4.57. The molecule has 1 aliphatic carbocycles. The van der Waals surface area contributed by atoms with Crippen LogP contribution in [0, 0.1) is 5.82 Å². The standard InChI is InChI=1S/C14H15FN2S/c15-11-3-1-2-10(6-11)7-14-17-13(9-18-14)8-16-12-4-5-12/h1-3,6,9,12,16H,4-5,7-8H2. The maximum atomic E-state index is 13.1. The van der Waals surface area contributed by atoms with Crippen LogP contribution in [0.25, 0.3) is 0 Å². The van der Waals surface area contributed by atoms with Gasteiger partial charge in [-0.25, -0.2) is 9.37 Å². The van der Waals surface area contributed by atoms with Crippen LogP contribution in [-0.2, 0) is 13.0 Å². The highest BCUT2D eigenvalue weighted by atomic mass is 32.1. The van der Waals surface area contributed by atoms with E-state index in [0.717, 1.165) is 22.8 Å². The topological polar surface area (TPSA) is 24.9 Å². The largest absolute Gasteiger partial charge is 0.308 e. The van der Waals surface area contributed by atoms with Crippen molar-refractivity contribution in [2.45, 2.75) is 31.8 Å². The van der Waals surface area contributed by atoms with E-state index in [4.69, 9.17) is 0 Å². The SMILES string of the molecule is Fc1cccc(Cc2nc(CNC3CC3)cs2)c1. The number of benzene rings is 1. The molecular weight excluding hydrogens is 247 g/mol. The Morgan fingerprint density at radius 2 is 2.28 bits per heavy atom. The first kappa shape index (κ1) is 11.8. The van der Waals surface area contributed by atoms with Gasteiger partial charge < -0.3 is 5.32 Å². The molecule has 1 saturated carbocycles. The molecule has 4 heteroatoms. The fourth-order valence-electron chi connectivity index (χ4n) is 1.87. The van der Waals surface area contributed by atoms with Gasteiger partial charge in [0.1, 0.15) is 5.82 Å². The van der Waals surface area contributed by atoms with Crippen LogP contribution in [0.15, 0.2) is 29.6 Å². The minimum absolute atomic E-state index is 0.181. The molecule has 3 rings (SSSR count). The number of aromatic nitrogens is 1. The van der Waals surface area contributed by atoms with Crippen molar-refractivity contribution in [1.82, 2.24) is 10.3 Å². The molecule has 0 unspecified atom stereocenters. The summed E-state index contributed by atoms with van der Waals surface area (Å²) in [5, 5.41) is 6.58. The van der Waals surface area contributed by atoms with Crippen LogP contribution in [0.5, 0.6) is 0 Å². The fourth-order valence-corrected chi connectivity index (χ4v) is 2.70. The number of thiazole rings is 1.